The first kappa shape index (κ1) is 7.74. The average molecular weight is 162 g/mol. The number of rotatable bonds is 1. The fourth-order valence-corrected chi connectivity index (χ4v) is 1.61. The summed E-state index contributed by atoms with van der Waals surface area (Å²) in [4.78, 5) is 4.39. The molecule has 0 spiro atoms. The molecule has 0 amide bonds. The number of hydrogen-bond acceptors (Lipinski definition) is 2. The zero-order chi connectivity index (χ0) is 8.77. The molecule has 1 aromatic heterocycles. The van der Waals surface area contributed by atoms with Crippen molar-refractivity contribution in [3.63, 3.8) is 0 Å². The van der Waals surface area contributed by atoms with Crippen molar-refractivity contribution in [1.82, 2.24) is 4.98 Å². The van der Waals surface area contributed by atoms with E-state index in [-0.39, 0.29) is 5.54 Å². The van der Waals surface area contributed by atoms with Crippen LogP contribution in [0.5, 0.6) is 0 Å². The Balaban J connectivity index is 2.45. The molecule has 0 atom stereocenters. The molecule has 2 heteroatoms. The molecule has 0 aliphatic heterocycles. The molecule has 0 bridgehead atoms. The lowest BCUT2D eigenvalue weighted by Gasteiger charge is -2.11. The molecule has 0 aromatic carbocycles. The summed E-state index contributed by atoms with van der Waals surface area (Å²) < 4.78 is 0. The molecule has 0 unspecified atom stereocenters. The Morgan fingerprint density at radius 2 is 2.08 bits per heavy atom. The predicted molar refractivity (Wildman–Crippen MR) is 48.8 cm³/mol. The maximum Gasteiger partial charge on any atom is 0.0631 e. The van der Waals surface area contributed by atoms with Crippen molar-refractivity contribution in [1.29, 1.82) is 0 Å². The van der Waals surface area contributed by atoms with E-state index in [1.807, 2.05) is 6.20 Å². The van der Waals surface area contributed by atoms with Crippen LogP contribution in [0.4, 0.5) is 0 Å². The van der Waals surface area contributed by atoms with Gasteiger partial charge in [0.15, 0.2) is 0 Å². The molecule has 1 fully saturated rings. The zero-order valence-corrected chi connectivity index (χ0v) is 7.59. The third-order valence-electron chi connectivity index (χ3n) is 2.48. The highest BCUT2D eigenvalue weighted by atomic mass is 14.9. The molecule has 1 saturated carbocycles. The summed E-state index contributed by atoms with van der Waals surface area (Å²) in [6.07, 6.45) is 4.07. The zero-order valence-electron chi connectivity index (χ0n) is 7.59. The highest BCUT2D eigenvalue weighted by molar-refractivity contribution is 5.32. The molecule has 0 radical (unpaired) electrons. The van der Waals surface area contributed by atoms with Crippen LogP contribution in [0.25, 0.3) is 0 Å². The standard InChI is InChI=1S/C10H14N2/c1-7-5-8(2)9(12-6-7)10(11)3-4-10/h5-6H,3-4,11H2,1-2H3. The van der Waals surface area contributed by atoms with Crippen LogP contribution in [-0.2, 0) is 5.54 Å². The average Bonchev–Trinajstić information content (AvgIpc) is 2.68. The highest BCUT2D eigenvalue weighted by Crippen LogP contribution is 2.42. The Morgan fingerprint density at radius 3 is 2.58 bits per heavy atom. The third kappa shape index (κ3) is 1.12. The number of hydrogen-bond donors (Lipinski definition) is 1. The predicted octanol–water partition coefficient (Wildman–Crippen LogP) is 1.65. The monoisotopic (exact) mass is 162 g/mol. The van der Waals surface area contributed by atoms with Crippen LogP contribution in [0.2, 0.25) is 0 Å². The normalized spacial score (nSPS) is 19.2. The molecule has 0 saturated heterocycles. The van der Waals surface area contributed by atoms with Crippen LogP contribution < -0.4 is 5.73 Å². The number of nitrogens with zero attached hydrogens (tertiary/aromatic N) is 1. The van der Waals surface area contributed by atoms with Crippen molar-refractivity contribution < 1.29 is 0 Å². The van der Waals surface area contributed by atoms with E-state index >= 15 is 0 Å². The molecule has 1 heterocycles. The largest absolute Gasteiger partial charge is 0.320 e. The Hall–Kier alpha value is -0.890. The smallest absolute Gasteiger partial charge is 0.0631 e. The lowest BCUT2D eigenvalue weighted by atomic mass is 10.1. The molecule has 1 aromatic rings. The van der Waals surface area contributed by atoms with E-state index in [1.165, 1.54) is 11.1 Å². The second-order valence-corrected chi connectivity index (χ2v) is 3.83. The van der Waals surface area contributed by atoms with Gasteiger partial charge in [-0.25, -0.2) is 0 Å². The van der Waals surface area contributed by atoms with Crippen LogP contribution in [0, 0.1) is 13.8 Å². The second-order valence-electron chi connectivity index (χ2n) is 3.83. The summed E-state index contributed by atoms with van der Waals surface area (Å²) >= 11 is 0. The van der Waals surface area contributed by atoms with E-state index in [1.54, 1.807) is 0 Å². The minimum absolute atomic E-state index is 0.0855. The lowest BCUT2D eigenvalue weighted by Crippen LogP contribution is -2.21. The minimum Gasteiger partial charge on any atom is -0.320 e. The van der Waals surface area contributed by atoms with Gasteiger partial charge >= 0.3 is 0 Å². The summed E-state index contributed by atoms with van der Waals surface area (Å²) in [5, 5.41) is 0. The van der Waals surface area contributed by atoms with Gasteiger partial charge in [0.25, 0.3) is 0 Å². The van der Waals surface area contributed by atoms with Crippen molar-refractivity contribution in [3.05, 3.63) is 29.1 Å². The Kier molecular flexibility index (Phi) is 1.48. The van der Waals surface area contributed by atoms with Crippen LogP contribution in [0.3, 0.4) is 0 Å². The van der Waals surface area contributed by atoms with E-state index < -0.39 is 0 Å². The van der Waals surface area contributed by atoms with E-state index in [9.17, 15) is 0 Å². The van der Waals surface area contributed by atoms with Gasteiger partial charge < -0.3 is 5.73 Å². The topological polar surface area (TPSA) is 38.9 Å². The number of aromatic nitrogens is 1. The minimum atomic E-state index is -0.0855. The molecular weight excluding hydrogens is 148 g/mol. The lowest BCUT2D eigenvalue weighted by molar-refractivity contribution is 0.699. The highest BCUT2D eigenvalue weighted by Gasteiger charge is 2.42. The first-order valence-electron chi connectivity index (χ1n) is 4.34. The first-order chi connectivity index (χ1) is 5.62. The molecular formula is C10H14N2. The van der Waals surface area contributed by atoms with Gasteiger partial charge in [0.2, 0.25) is 0 Å². The molecule has 64 valence electrons. The van der Waals surface area contributed by atoms with E-state index in [0.717, 1.165) is 18.5 Å². The van der Waals surface area contributed by atoms with Gasteiger partial charge in [-0.15, -0.1) is 0 Å². The van der Waals surface area contributed by atoms with Crippen molar-refractivity contribution in [2.45, 2.75) is 32.2 Å². The van der Waals surface area contributed by atoms with Crippen molar-refractivity contribution in [2.75, 3.05) is 0 Å². The van der Waals surface area contributed by atoms with Gasteiger partial charge in [-0.05, 0) is 37.8 Å². The quantitative estimate of drug-likeness (QED) is 0.682. The van der Waals surface area contributed by atoms with E-state index in [2.05, 4.69) is 24.9 Å². The number of aryl methyl sites for hydroxylation is 2. The molecule has 12 heavy (non-hydrogen) atoms. The summed E-state index contributed by atoms with van der Waals surface area (Å²) in [7, 11) is 0. The fraction of sp³-hybridized carbons (Fsp3) is 0.500. The van der Waals surface area contributed by atoms with Crippen molar-refractivity contribution in [2.24, 2.45) is 5.73 Å². The number of pyridine rings is 1. The summed E-state index contributed by atoms with van der Waals surface area (Å²) in [5.41, 5.74) is 9.50. The Morgan fingerprint density at radius 1 is 1.42 bits per heavy atom. The van der Waals surface area contributed by atoms with Crippen molar-refractivity contribution in [3.8, 4) is 0 Å². The maximum atomic E-state index is 6.06. The van der Waals surface area contributed by atoms with Gasteiger partial charge in [-0.1, -0.05) is 6.07 Å². The maximum absolute atomic E-state index is 6.06. The summed E-state index contributed by atoms with van der Waals surface area (Å²) in [6.45, 7) is 4.14. The second kappa shape index (κ2) is 2.30. The Bertz CT molecular complexity index is 314. The summed E-state index contributed by atoms with van der Waals surface area (Å²) in [6, 6.07) is 2.15. The fourth-order valence-electron chi connectivity index (χ4n) is 1.61. The van der Waals surface area contributed by atoms with Crippen LogP contribution in [-0.4, -0.2) is 4.98 Å². The van der Waals surface area contributed by atoms with Gasteiger partial charge in [0.05, 0.1) is 11.2 Å². The Labute approximate surface area is 72.8 Å². The van der Waals surface area contributed by atoms with E-state index in [0.29, 0.717) is 0 Å². The van der Waals surface area contributed by atoms with Crippen LogP contribution in [0.1, 0.15) is 29.7 Å². The van der Waals surface area contributed by atoms with Crippen molar-refractivity contribution >= 4 is 0 Å². The molecule has 2 rings (SSSR count). The van der Waals surface area contributed by atoms with E-state index in [4.69, 9.17) is 5.73 Å². The SMILES string of the molecule is Cc1cnc(C2(N)CC2)c(C)c1. The van der Waals surface area contributed by atoms with Gasteiger partial charge in [-0.3, -0.25) is 4.98 Å². The van der Waals surface area contributed by atoms with Gasteiger partial charge in [0, 0.05) is 6.20 Å². The number of nitrogens with two attached hydrogens (primary N) is 1. The van der Waals surface area contributed by atoms with Gasteiger partial charge in [0.1, 0.15) is 0 Å². The van der Waals surface area contributed by atoms with Crippen LogP contribution in [0.15, 0.2) is 12.3 Å². The first-order valence-corrected chi connectivity index (χ1v) is 4.34. The molecule has 2 nitrogen and oxygen atoms in total. The molecule has 1 aliphatic carbocycles. The summed E-state index contributed by atoms with van der Waals surface area (Å²) in [5.74, 6) is 0. The molecule has 1 aliphatic rings. The molecule has 2 N–H and O–H groups in total. The van der Waals surface area contributed by atoms with Gasteiger partial charge in [-0.2, -0.15) is 0 Å². The van der Waals surface area contributed by atoms with Crippen LogP contribution >= 0.6 is 0 Å². The third-order valence-corrected chi connectivity index (χ3v) is 2.48.